The number of alkyl halides is 3. The van der Waals surface area contributed by atoms with E-state index in [4.69, 9.17) is 5.73 Å². The highest BCUT2D eigenvalue weighted by molar-refractivity contribution is 5.29. The Bertz CT molecular complexity index is 268. The van der Waals surface area contributed by atoms with Crippen LogP contribution in [0.3, 0.4) is 0 Å². The number of rotatable bonds is 1. The van der Waals surface area contributed by atoms with Crippen molar-refractivity contribution in [1.82, 2.24) is 0 Å². The molecule has 13 heavy (non-hydrogen) atoms. The summed E-state index contributed by atoms with van der Waals surface area (Å²) in [4.78, 5) is 0. The molecule has 1 aromatic rings. The zero-order valence-corrected chi connectivity index (χ0v) is 6.23. The average Bonchev–Trinajstić information content (AvgIpc) is 2.03. The minimum atomic E-state index is -4.30. The van der Waals surface area contributed by atoms with Crippen LogP contribution in [0.25, 0.3) is 0 Å². The molecule has 0 unspecified atom stereocenters. The van der Waals surface area contributed by atoms with Gasteiger partial charge in [0, 0.05) is 6.54 Å². The molecule has 0 amide bonds. The summed E-state index contributed by atoms with van der Waals surface area (Å²) in [5.41, 5.74) is 4.63. The van der Waals surface area contributed by atoms with Gasteiger partial charge in [-0.2, -0.15) is 13.2 Å². The summed E-state index contributed by atoms with van der Waals surface area (Å²) in [6.07, 6.45) is -4.30. The Labute approximate surface area is 75.4 Å². The van der Waals surface area contributed by atoms with E-state index in [1.54, 1.807) is 0 Å². The van der Waals surface area contributed by atoms with Crippen LogP contribution < -0.4 is 5.73 Å². The molecular formula is C9H12F3N. The van der Waals surface area contributed by atoms with E-state index in [-0.39, 0.29) is 19.5 Å². The van der Waals surface area contributed by atoms with Crippen molar-refractivity contribution in [2.75, 3.05) is 0 Å². The third-order valence-corrected chi connectivity index (χ3v) is 1.54. The molecule has 1 nitrogen and oxygen atoms in total. The second kappa shape index (κ2) is 4.28. The second-order valence-electron chi connectivity index (χ2n) is 2.36. The SMILES string of the molecule is C.NCc1ccccc1C(F)(F)F. The summed E-state index contributed by atoms with van der Waals surface area (Å²) >= 11 is 0. The Hall–Kier alpha value is -1.03. The van der Waals surface area contributed by atoms with E-state index in [0.717, 1.165) is 6.07 Å². The first kappa shape index (κ1) is 12.0. The molecule has 0 aliphatic heterocycles. The Kier molecular flexibility index (Phi) is 3.94. The van der Waals surface area contributed by atoms with Gasteiger partial charge in [0.05, 0.1) is 5.56 Å². The third kappa shape index (κ3) is 2.73. The summed E-state index contributed by atoms with van der Waals surface area (Å²) in [5, 5.41) is 0. The fourth-order valence-electron chi connectivity index (χ4n) is 0.975. The lowest BCUT2D eigenvalue weighted by molar-refractivity contribution is -0.138. The summed E-state index contributed by atoms with van der Waals surface area (Å²) in [7, 11) is 0. The summed E-state index contributed by atoms with van der Waals surface area (Å²) in [6.45, 7) is -0.0876. The maximum absolute atomic E-state index is 12.2. The molecule has 74 valence electrons. The number of halogens is 3. The topological polar surface area (TPSA) is 26.0 Å². The van der Waals surface area contributed by atoms with Crippen LogP contribution in [0.1, 0.15) is 18.6 Å². The van der Waals surface area contributed by atoms with Crippen LogP contribution in [0.4, 0.5) is 13.2 Å². The predicted octanol–water partition coefficient (Wildman–Crippen LogP) is 2.80. The minimum absolute atomic E-state index is 0. The molecule has 0 saturated carbocycles. The molecule has 0 aliphatic rings. The van der Waals surface area contributed by atoms with Gasteiger partial charge in [-0.25, -0.2) is 0 Å². The van der Waals surface area contributed by atoms with Crippen molar-refractivity contribution < 1.29 is 13.2 Å². The Morgan fingerprint density at radius 2 is 1.69 bits per heavy atom. The van der Waals surface area contributed by atoms with Gasteiger partial charge in [-0.15, -0.1) is 0 Å². The molecule has 0 spiro atoms. The van der Waals surface area contributed by atoms with E-state index in [9.17, 15) is 13.2 Å². The number of nitrogens with two attached hydrogens (primary N) is 1. The molecule has 0 heterocycles. The first-order valence-electron chi connectivity index (χ1n) is 3.41. The normalized spacial score (nSPS) is 10.8. The van der Waals surface area contributed by atoms with Crippen molar-refractivity contribution in [3.8, 4) is 0 Å². The van der Waals surface area contributed by atoms with Gasteiger partial charge < -0.3 is 5.73 Å². The monoisotopic (exact) mass is 191 g/mol. The van der Waals surface area contributed by atoms with Crippen molar-refractivity contribution in [2.45, 2.75) is 20.1 Å². The standard InChI is InChI=1S/C8H8F3N.CH4/c9-8(10,11)7-4-2-1-3-6(7)5-12;/h1-4H,5,12H2;1H4. The maximum atomic E-state index is 12.2. The summed E-state index contributed by atoms with van der Waals surface area (Å²) in [5.74, 6) is 0. The smallest absolute Gasteiger partial charge is 0.326 e. The van der Waals surface area contributed by atoms with Gasteiger partial charge in [-0.05, 0) is 11.6 Å². The second-order valence-corrected chi connectivity index (χ2v) is 2.36. The highest BCUT2D eigenvalue weighted by Crippen LogP contribution is 2.31. The molecule has 1 aromatic carbocycles. The van der Waals surface area contributed by atoms with Crippen molar-refractivity contribution in [3.05, 3.63) is 35.4 Å². The van der Waals surface area contributed by atoms with Crippen LogP contribution in [0.5, 0.6) is 0 Å². The van der Waals surface area contributed by atoms with Crippen LogP contribution >= 0.6 is 0 Å². The molecule has 0 aromatic heterocycles. The van der Waals surface area contributed by atoms with Gasteiger partial charge in [-0.1, -0.05) is 25.6 Å². The maximum Gasteiger partial charge on any atom is 0.416 e. The number of benzene rings is 1. The van der Waals surface area contributed by atoms with Crippen LogP contribution in [0, 0.1) is 0 Å². The van der Waals surface area contributed by atoms with Crippen LogP contribution in [-0.2, 0) is 12.7 Å². The molecule has 0 aliphatic carbocycles. The Morgan fingerprint density at radius 3 is 2.08 bits per heavy atom. The quantitative estimate of drug-likeness (QED) is 0.725. The van der Waals surface area contributed by atoms with Gasteiger partial charge in [-0.3, -0.25) is 0 Å². The van der Waals surface area contributed by atoms with Crippen LogP contribution in [-0.4, -0.2) is 0 Å². The molecule has 0 radical (unpaired) electrons. The largest absolute Gasteiger partial charge is 0.416 e. The number of hydrogen-bond acceptors (Lipinski definition) is 1. The molecule has 0 saturated heterocycles. The van der Waals surface area contributed by atoms with Crippen LogP contribution in [0.2, 0.25) is 0 Å². The molecule has 0 bridgehead atoms. The van der Waals surface area contributed by atoms with E-state index in [2.05, 4.69) is 0 Å². The Morgan fingerprint density at radius 1 is 1.15 bits per heavy atom. The number of hydrogen-bond donors (Lipinski definition) is 1. The average molecular weight is 191 g/mol. The highest BCUT2D eigenvalue weighted by atomic mass is 19.4. The lowest BCUT2D eigenvalue weighted by atomic mass is 10.1. The van der Waals surface area contributed by atoms with Gasteiger partial charge in [0.25, 0.3) is 0 Å². The zero-order chi connectivity index (χ0) is 9.19. The van der Waals surface area contributed by atoms with E-state index < -0.39 is 11.7 Å². The van der Waals surface area contributed by atoms with Crippen molar-refractivity contribution >= 4 is 0 Å². The molecule has 0 atom stereocenters. The third-order valence-electron chi connectivity index (χ3n) is 1.54. The molecular weight excluding hydrogens is 179 g/mol. The van der Waals surface area contributed by atoms with Gasteiger partial charge in [0.2, 0.25) is 0 Å². The fourth-order valence-corrected chi connectivity index (χ4v) is 0.975. The fraction of sp³-hybridized carbons (Fsp3) is 0.333. The van der Waals surface area contributed by atoms with Crippen LogP contribution in [0.15, 0.2) is 24.3 Å². The van der Waals surface area contributed by atoms with E-state index >= 15 is 0 Å². The molecule has 2 N–H and O–H groups in total. The van der Waals surface area contributed by atoms with Gasteiger partial charge >= 0.3 is 6.18 Å². The molecule has 4 heteroatoms. The summed E-state index contributed by atoms with van der Waals surface area (Å²) in [6, 6.07) is 5.30. The van der Waals surface area contributed by atoms with Crippen molar-refractivity contribution in [1.29, 1.82) is 0 Å². The molecule has 0 fully saturated rings. The van der Waals surface area contributed by atoms with E-state index in [1.165, 1.54) is 18.2 Å². The lowest BCUT2D eigenvalue weighted by Crippen LogP contribution is -2.11. The minimum Gasteiger partial charge on any atom is -0.326 e. The zero-order valence-electron chi connectivity index (χ0n) is 6.23. The van der Waals surface area contributed by atoms with E-state index in [1.807, 2.05) is 0 Å². The van der Waals surface area contributed by atoms with Crippen molar-refractivity contribution in [3.63, 3.8) is 0 Å². The summed E-state index contributed by atoms with van der Waals surface area (Å²) < 4.78 is 36.5. The van der Waals surface area contributed by atoms with Gasteiger partial charge in [0.15, 0.2) is 0 Å². The highest BCUT2D eigenvalue weighted by Gasteiger charge is 2.32. The first-order chi connectivity index (χ1) is 5.55. The van der Waals surface area contributed by atoms with E-state index in [0.29, 0.717) is 0 Å². The first-order valence-corrected chi connectivity index (χ1v) is 3.41. The van der Waals surface area contributed by atoms with Crippen molar-refractivity contribution in [2.24, 2.45) is 5.73 Å². The predicted molar refractivity (Wildman–Crippen MR) is 46.1 cm³/mol. The Balaban J connectivity index is 0.00000144. The van der Waals surface area contributed by atoms with Gasteiger partial charge in [0.1, 0.15) is 0 Å². The lowest BCUT2D eigenvalue weighted by Gasteiger charge is -2.10. The molecule has 1 rings (SSSR count).